The summed E-state index contributed by atoms with van der Waals surface area (Å²) in [7, 11) is 5.22. The number of nitrogens with one attached hydrogen (secondary N) is 2. The molecule has 160 valence electrons. The van der Waals surface area contributed by atoms with E-state index in [4.69, 9.17) is 21.1 Å². The summed E-state index contributed by atoms with van der Waals surface area (Å²) >= 11 is 6.30. The number of ether oxygens (including phenoxy) is 2. The first-order valence-corrected chi connectivity index (χ1v) is 10.0. The molecule has 1 aromatic rings. The Labute approximate surface area is 191 Å². The van der Waals surface area contributed by atoms with Crippen molar-refractivity contribution in [2.45, 2.75) is 19.3 Å². The first-order chi connectivity index (χ1) is 13.2. The number of aliphatic imine (C=N–C) groups is 1. The van der Waals surface area contributed by atoms with Crippen LogP contribution in [0.4, 0.5) is 0 Å². The van der Waals surface area contributed by atoms with Crippen LogP contribution in [-0.4, -0.2) is 71.5 Å². The Hall–Kier alpha value is -0.770. The topological polar surface area (TPSA) is 58.1 Å². The predicted octanol–water partition coefficient (Wildman–Crippen LogP) is 3.03. The van der Waals surface area contributed by atoms with Crippen LogP contribution in [0.1, 0.15) is 18.4 Å². The summed E-state index contributed by atoms with van der Waals surface area (Å²) < 4.78 is 10.3. The smallest absolute Gasteiger partial charge is 0.190 e. The van der Waals surface area contributed by atoms with Crippen LogP contribution in [0.25, 0.3) is 0 Å². The summed E-state index contributed by atoms with van der Waals surface area (Å²) in [6, 6.07) is 5.80. The van der Waals surface area contributed by atoms with Gasteiger partial charge in [-0.3, -0.25) is 4.99 Å². The minimum atomic E-state index is 0. The number of rotatable bonds is 9. The molecule has 1 heterocycles. The number of guanidine groups is 1. The van der Waals surface area contributed by atoms with Gasteiger partial charge >= 0.3 is 0 Å². The zero-order valence-corrected chi connectivity index (χ0v) is 20.3. The van der Waals surface area contributed by atoms with Crippen LogP contribution in [0.2, 0.25) is 5.02 Å². The fourth-order valence-corrected chi connectivity index (χ4v) is 3.53. The van der Waals surface area contributed by atoms with Crippen molar-refractivity contribution in [1.29, 1.82) is 0 Å². The highest BCUT2D eigenvalue weighted by molar-refractivity contribution is 14.0. The molecule has 0 aliphatic carbocycles. The fourth-order valence-electron chi connectivity index (χ4n) is 3.27. The number of halogens is 2. The molecule has 0 saturated carbocycles. The highest BCUT2D eigenvalue weighted by Gasteiger charge is 2.18. The second kappa shape index (κ2) is 14.3. The van der Waals surface area contributed by atoms with Crippen molar-refractivity contribution in [2.75, 3.05) is 60.6 Å². The summed E-state index contributed by atoms with van der Waals surface area (Å²) in [4.78, 5) is 6.80. The van der Waals surface area contributed by atoms with Gasteiger partial charge in [0.05, 0.1) is 13.7 Å². The lowest BCUT2D eigenvalue weighted by Crippen LogP contribution is -2.43. The van der Waals surface area contributed by atoms with Crippen molar-refractivity contribution < 1.29 is 9.47 Å². The van der Waals surface area contributed by atoms with Crippen molar-refractivity contribution in [1.82, 2.24) is 15.5 Å². The Morgan fingerprint density at radius 3 is 2.61 bits per heavy atom. The molecule has 2 N–H and O–H groups in total. The average molecular weight is 525 g/mol. The monoisotopic (exact) mass is 524 g/mol. The van der Waals surface area contributed by atoms with Gasteiger partial charge in [0.15, 0.2) is 5.96 Å². The average Bonchev–Trinajstić information content (AvgIpc) is 2.70. The molecule has 0 aromatic heterocycles. The number of likely N-dealkylation sites (tertiary alicyclic amines) is 1. The molecule has 0 bridgehead atoms. The normalized spacial score (nSPS) is 15.8. The van der Waals surface area contributed by atoms with Gasteiger partial charge in [-0.15, -0.1) is 24.0 Å². The van der Waals surface area contributed by atoms with E-state index in [1.165, 1.54) is 12.8 Å². The van der Waals surface area contributed by atoms with Crippen LogP contribution in [0.3, 0.4) is 0 Å². The summed E-state index contributed by atoms with van der Waals surface area (Å²) in [5.74, 6) is 2.32. The van der Waals surface area contributed by atoms with E-state index >= 15 is 0 Å². The molecule has 28 heavy (non-hydrogen) atoms. The van der Waals surface area contributed by atoms with Gasteiger partial charge in [0.2, 0.25) is 0 Å². The fraction of sp³-hybridized carbons (Fsp3) is 0.650. The van der Waals surface area contributed by atoms with E-state index in [1.807, 2.05) is 25.2 Å². The van der Waals surface area contributed by atoms with Crippen LogP contribution in [-0.2, 0) is 11.2 Å². The Morgan fingerprint density at radius 1 is 1.25 bits per heavy atom. The lowest BCUT2D eigenvalue weighted by atomic mass is 9.97. The molecule has 0 amide bonds. The van der Waals surface area contributed by atoms with E-state index in [2.05, 4.69) is 20.5 Å². The van der Waals surface area contributed by atoms with E-state index in [0.29, 0.717) is 5.92 Å². The molecular formula is C20H34ClIN4O2. The van der Waals surface area contributed by atoms with E-state index in [-0.39, 0.29) is 24.0 Å². The van der Waals surface area contributed by atoms with Gasteiger partial charge in [-0.1, -0.05) is 17.7 Å². The molecule has 1 fully saturated rings. The highest BCUT2D eigenvalue weighted by Crippen LogP contribution is 2.22. The lowest BCUT2D eigenvalue weighted by Gasteiger charge is -2.32. The number of methoxy groups -OCH3 is 2. The summed E-state index contributed by atoms with van der Waals surface area (Å²) in [5, 5.41) is 7.57. The Bertz CT molecular complexity index is 596. The minimum absolute atomic E-state index is 0. The van der Waals surface area contributed by atoms with Crippen molar-refractivity contribution in [2.24, 2.45) is 10.9 Å². The maximum Gasteiger partial charge on any atom is 0.190 e. The van der Waals surface area contributed by atoms with Crippen molar-refractivity contribution in [3.05, 3.63) is 28.8 Å². The number of hydrogen-bond acceptors (Lipinski definition) is 4. The number of hydrogen-bond donors (Lipinski definition) is 2. The van der Waals surface area contributed by atoms with Crippen molar-refractivity contribution in [3.63, 3.8) is 0 Å². The second-order valence-electron chi connectivity index (χ2n) is 6.87. The summed E-state index contributed by atoms with van der Waals surface area (Å²) in [6.07, 6.45) is 3.27. The zero-order valence-electron chi connectivity index (χ0n) is 17.2. The molecule has 1 aliphatic heterocycles. The molecule has 1 aromatic carbocycles. The van der Waals surface area contributed by atoms with E-state index in [9.17, 15) is 0 Å². The Morgan fingerprint density at radius 2 is 2.00 bits per heavy atom. The molecule has 6 nitrogen and oxygen atoms in total. The quantitative estimate of drug-likeness (QED) is 0.295. The zero-order chi connectivity index (χ0) is 19.5. The van der Waals surface area contributed by atoms with E-state index in [1.54, 1.807) is 14.2 Å². The van der Waals surface area contributed by atoms with Crippen LogP contribution >= 0.6 is 35.6 Å². The third-order valence-corrected chi connectivity index (χ3v) is 5.40. The van der Waals surface area contributed by atoms with Crippen LogP contribution in [0, 0.1) is 5.92 Å². The van der Waals surface area contributed by atoms with Crippen LogP contribution in [0.15, 0.2) is 23.2 Å². The molecule has 2 rings (SSSR count). The lowest BCUT2D eigenvalue weighted by molar-refractivity contribution is 0.121. The van der Waals surface area contributed by atoms with E-state index in [0.717, 1.165) is 68.0 Å². The predicted molar refractivity (Wildman–Crippen MR) is 128 cm³/mol. The third-order valence-electron chi connectivity index (χ3n) is 5.05. The first-order valence-electron chi connectivity index (χ1n) is 9.64. The van der Waals surface area contributed by atoms with Crippen LogP contribution < -0.4 is 15.4 Å². The van der Waals surface area contributed by atoms with Crippen LogP contribution in [0.5, 0.6) is 5.75 Å². The van der Waals surface area contributed by atoms with Gasteiger partial charge in [-0.2, -0.15) is 0 Å². The van der Waals surface area contributed by atoms with Gasteiger partial charge in [0.25, 0.3) is 0 Å². The first kappa shape index (κ1) is 25.3. The van der Waals surface area contributed by atoms with Gasteiger partial charge in [-0.25, -0.2) is 0 Å². The minimum Gasteiger partial charge on any atom is -0.497 e. The Balaban J connectivity index is 0.00000392. The molecular weight excluding hydrogens is 491 g/mol. The van der Waals surface area contributed by atoms with Gasteiger partial charge in [0.1, 0.15) is 5.75 Å². The third kappa shape index (κ3) is 8.71. The molecule has 8 heteroatoms. The molecule has 0 atom stereocenters. The van der Waals surface area contributed by atoms with Gasteiger partial charge in [0, 0.05) is 38.8 Å². The van der Waals surface area contributed by atoms with Crippen molar-refractivity contribution >= 4 is 41.5 Å². The summed E-state index contributed by atoms with van der Waals surface area (Å²) in [5.41, 5.74) is 1.10. The van der Waals surface area contributed by atoms with Crippen molar-refractivity contribution in [3.8, 4) is 5.75 Å². The van der Waals surface area contributed by atoms with Gasteiger partial charge < -0.3 is 25.0 Å². The van der Waals surface area contributed by atoms with E-state index < -0.39 is 0 Å². The molecule has 1 saturated heterocycles. The Kier molecular flexibility index (Phi) is 12.9. The number of piperidine rings is 1. The second-order valence-corrected chi connectivity index (χ2v) is 7.27. The van der Waals surface area contributed by atoms with Gasteiger partial charge in [-0.05, 0) is 56.0 Å². The molecule has 0 spiro atoms. The highest BCUT2D eigenvalue weighted by atomic mass is 127. The SMILES string of the molecule is CN=C(NCCc1ccc(OC)cc1Cl)NCC1CCN(CCOC)CC1.I. The number of benzene rings is 1. The number of nitrogens with zero attached hydrogens (tertiary/aromatic N) is 2. The maximum atomic E-state index is 6.30. The largest absolute Gasteiger partial charge is 0.497 e. The maximum absolute atomic E-state index is 6.30. The summed E-state index contributed by atoms with van der Waals surface area (Å²) in [6.45, 7) is 5.89. The molecule has 1 aliphatic rings. The molecule has 0 unspecified atom stereocenters. The molecule has 0 radical (unpaired) electrons. The standard InChI is InChI=1S/C20H33ClN4O2.HI/c1-22-20(23-9-6-17-4-5-18(27-3)14-19(17)21)24-15-16-7-10-25(11-8-16)12-13-26-2;/h4-5,14,16H,6-13,15H2,1-3H3,(H2,22,23,24);1H.